The van der Waals surface area contributed by atoms with Gasteiger partial charge in [-0.3, -0.25) is 0 Å². The third-order valence-corrected chi connectivity index (χ3v) is 5.14. The van der Waals surface area contributed by atoms with Crippen LogP contribution in [0.2, 0.25) is 0 Å². The third-order valence-electron chi connectivity index (χ3n) is 4.65. The van der Waals surface area contributed by atoms with Gasteiger partial charge in [0.05, 0.1) is 5.69 Å². The van der Waals surface area contributed by atoms with Gasteiger partial charge in [0.1, 0.15) is 5.82 Å². The number of aromatic nitrogens is 1. The van der Waals surface area contributed by atoms with Gasteiger partial charge in [-0.05, 0) is 41.8 Å². The van der Waals surface area contributed by atoms with Crippen LogP contribution in [-0.4, -0.2) is 22.0 Å². The van der Waals surface area contributed by atoms with E-state index in [2.05, 4.69) is 44.1 Å². The monoisotopic (exact) mass is 401 g/mol. The Kier molecular flexibility index (Phi) is 4.00. The normalized spacial score (nSPS) is 13.8. The molecule has 1 aliphatic rings. The van der Waals surface area contributed by atoms with Gasteiger partial charge in [-0.1, -0.05) is 28.1 Å². The Balaban J connectivity index is 1.60. The summed E-state index contributed by atoms with van der Waals surface area (Å²) < 4.78 is 16.8. The minimum atomic E-state index is -0.455. The van der Waals surface area contributed by atoms with Crippen molar-refractivity contribution < 1.29 is 9.18 Å². The first kappa shape index (κ1) is 16.1. The zero-order valence-electron chi connectivity index (χ0n) is 13.7. The smallest absolute Gasteiger partial charge is 0.322 e. The number of aryl methyl sites for hydroxylation is 1. The Morgan fingerprint density at radius 1 is 1.24 bits per heavy atom. The minimum Gasteiger partial charge on any atom is -0.350 e. The molecule has 0 atom stereocenters. The molecule has 0 saturated carbocycles. The Bertz CT molecular complexity index is 982. The summed E-state index contributed by atoms with van der Waals surface area (Å²) >= 11 is 3.22. The van der Waals surface area contributed by atoms with Gasteiger partial charge in [-0.2, -0.15) is 0 Å². The van der Waals surface area contributed by atoms with Gasteiger partial charge in [0.25, 0.3) is 0 Å². The largest absolute Gasteiger partial charge is 0.350 e. The molecule has 2 amide bonds. The quantitative estimate of drug-likeness (QED) is 0.631. The number of halogens is 2. The number of nitrogens with one attached hydrogen (secondary N) is 1. The summed E-state index contributed by atoms with van der Waals surface area (Å²) in [5.74, 6) is -0.455. The highest BCUT2D eigenvalue weighted by Gasteiger charge is 2.22. The fourth-order valence-electron chi connectivity index (χ4n) is 3.44. The minimum absolute atomic E-state index is 0.189. The van der Waals surface area contributed by atoms with Gasteiger partial charge in [0, 0.05) is 41.7 Å². The molecule has 6 heteroatoms. The molecule has 0 bridgehead atoms. The maximum absolute atomic E-state index is 14.0. The highest BCUT2D eigenvalue weighted by Crippen LogP contribution is 2.29. The second kappa shape index (κ2) is 6.19. The van der Waals surface area contributed by atoms with Crippen LogP contribution >= 0.6 is 15.9 Å². The molecule has 4 nitrogen and oxygen atoms in total. The van der Waals surface area contributed by atoms with Gasteiger partial charge < -0.3 is 14.8 Å². The molecule has 1 aliphatic heterocycles. The van der Waals surface area contributed by atoms with E-state index in [1.807, 2.05) is 13.1 Å². The van der Waals surface area contributed by atoms with E-state index in [0.29, 0.717) is 17.6 Å². The summed E-state index contributed by atoms with van der Waals surface area (Å²) in [6.45, 7) is 1.11. The van der Waals surface area contributed by atoms with Crippen LogP contribution in [0.15, 0.2) is 47.1 Å². The van der Waals surface area contributed by atoms with E-state index in [0.717, 1.165) is 12.0 Å². The molecule has 0 fully saturated rings. The van der Waals surface area contributed by atoms with Crippen molar-refractivity contribution in [2.75, 3.05) is 11.9 Å². The van der Waals surface area contributed by atoms with Crippen LogP contribution in [0.1, 0.15) is 11.1 Å². The zero-order chi connectivity index (χ0) is 17.6. The van der Waals surface area contributed by atoms with E-state index in [4.69, 9.17) is 0 Å². The standard InChI is InChI=1S/C19H17BrFN3O/c1-23-10-13-7-8-24(11-12-3-2-4-17(23)18(12)13)19(25)22-16-6-5-14(20)9-15(16)21/h2-6,9-10H,7-8,11H2,1H3,(H,22,25). The van der Waals surface area contributed by atoms with Crippen molar-refractivity contribution in [2.24, 2.45) is 7.05 Å². The van der Waals surface area contributed by atoms with Crippen LogP contribution in [0.3, 0.4) is 0 Å². The van der Waals surface area contributed by atoms with Crippen molar-refractivity contribution in [1.29, 1.82) is 0 Å². The van der Waals surface area contributed by atoms with E-state index in [1.54, 1.807) is 17.0 Å². The second-order valence-corrected chi connectivity index (χ2v) is 7.22. The summed E-state index contributed by atoms with van der Waals surface area (Å²) in [5.41, 5.74) is 3.73. The molecular weight excluding hydrogens is 385 g/mol. The lowest BCUT2D eigenvalue weighted by atomic mass is 10.1. The number of carbonyl (C=O) groups excluding carboxylic acids is 1. The molecular formula is C19H17BrFN3O. The summed E-state index contributed by atoms with van der Waals surface area (Å²) in [4.78, 5) is 14.4. The molecule has 0 aliphatic carbocycles. The van der Waals surface area contributed by atoms with Crippen LogP contribution < -0.4 is 5.32 Å². The van der Waals surface area contributed by atoms with Crippen LogP contribution in [-0.2, 0) is 20.0 Å². The molecule has 4 rings (SSSR count). The van der Waals surface area contributed by atoms with Gasteiger partial charge in [0.2, 0.25) is 0 Å². The maximum atomic E-state index is 14.0. The van der Waals surface area contributed by atoms with E-state index < -0.39 is 5.82 Å². The number of hydrogen-bond donors (Lipinski definition) is 1. The highest BCUT2D eigenvalue weighted by atomic mass is 79.9. The van der Waals surface area contributed by atoms with Crippen LogP contribution in [0.25, 0.3) is 10.9 Å². The zero-order valence-corrected chi connectivity index (χ0v) is 15.3. The molecule has 2 aromatic carbocycles. The number of nitrogens with zero attached hydrogens (tertiary/aromatic N) is 2. The first-order valence-corrected chi connectivity index (χ1v) is 8.89. The number of hydrogen-bond acceptors (Lipinski definition) is 1. The topological polar surface area (TPSA) is 37.3 Å². The number of rotatable bonds is 1. The molecule has 0 saturated heterocycles. The Labute approximate surface area is 153 Å². The molecule has 128 valence electrons. The van der Waals surface area contributed by atoms with Crippen LogP contribution in [0, 0.1) is 5.82 Å². The van der Waals surface area contributed by atoms with Crippen molar-refractivity contribution in [3.05, 3.63) is 64.0 Å². The fraction of sp³-hybridized carbons (Fsp3) is 0.211. The Morgan fingerprint density at radius 3 is 2.88 bits per heavy atom. The van der Waals surface area contributed by atoms with E-state index in [-0.39, 0.29) is 11.7 Å². The maximum Gasteiger partial charge on any atom is 0.322 e. The number of carbonyl (C=O) groups is 1. The van der Waals surface area contributed by atoms with Gasteiger partial charge >= 0.3 is 6.03 Å². The highest BCUT2D eigenvalue weighted by molar-refractivity contribution is 9.10. The molecule has 25 heavy (non-hydrogen) atoms. The van der Waals surface area contributed by atoms with Crippen LogP contribution in [0.4, 0.5) is 14.9 Å². The first-order valence-electron chi connectivity index (χ1n) is 8.10. The summed E-state index contributed by atoms with van der Waals surface area (Å²) in [6.07, 6.45) is 2.91. The summed E-state index contributed by atoms with van der Waals surface area (Å²) in [6, 6.07) is 10.5. The molecule has 0 radical (unpaired) electrons. The van der Waals surface area contributed by atoms with Gasteiger partial charge in [-0.25, -0.2) is 9.18 Å². The summed E-state index contributed by atoms with van der Waals surface area (Å²) in [5, 5.41) is 3.91. The Morgan fingerprint density at radius 2 is 2.08 bits per heavy atom. The first-order chi connectivity index (χ1) is 12.0. The molecule has 1 aromatic heterocycles. The van der Waals surface area contributed by atoms with Gasteiger partial charge in [-0.15, -0.1) is 0 Å². The number of benzene rings is 2. The van der Waals surface area contributed by atoms with E-state index in [1.165, 1.54) is 22.5 Å². The predicted octanol–water partition coefficient (Wildman–Crippen LogP) is 4.67. The molecule has 0 spiro atoms. The average molecular weight is 402 g/mol. The van der Waals surface area contributed by atoms with E-state index >= 15 is 0 Å². The molecule has 1 N–H and O–H groups in total. The van der Waals surface area contributed by atoms with E-state index in [9.17, 15) is 9.18 Å². The SMILES string of the molecule is Cn1cc2c3c(cccc31)CN(C(=O)Nc1ccc(Br)cc1F)CC2. The van der Waals surface area contributed by atoms with Crippen molar-refractivity contribution in [2.45, 2.75) is 13.0 Å². The Hall–Kier alpha value is -2.34. The lowest BCUT2D eigenvalue weighted by Gasteiger charge is -2.22. The molecule has 2 heterocycles. The fourth-order valence-corrected chi connectivity index (χ4v) is 3.77. The van der Waals surface area contributed by atoms with Crippen LogP contribution in [0.5, 0.6) is 0 Å². The number of anilines is 1. The molecule has 3 aromatic rings. The van der Waals surface area contributed by atoms with Crippen molar-refractivity contribution in [1.82, 2.24) is 9.47 Å². The van der Waals surface area contributed by atoms with Crippen molar-refractivity contribution in [3.8, 4) is 0 Å². The lowest BCUT2D eigenvalue weighted by Crippen LogP contribution is -2.35. The second-order valence-electron chi connectivity index (χ2n) is 6.30. The van der Waals surface area contributed by atoms with Crippen molar-refractivity contribution >= 4 is 38.6 Å². The number of amides is 2. The molecule has 0 unspecified atom stereocenters. The summed E-state index contributed by atoms with van der Waals surface area (Å²) in [7, 11) is 2.04. The predicted molar refractivity (Wildman–Crippen MR) is 100 cm³/mol. The lowest BCUT2D eigenvalue weighted by molar-refractivity contribution is 0.210. The van der Waals surface area contributed by atoms with Gasteiger partial charge in [0.15, 0.2) is 0 Å². The third kappa shape index (κ3) is 2.91. The van der Waals surface area contributed by atoms with Crippen molar-refractivity contribution in [3.63, 3.8) is 0 Å². The average Bonchev–Trinajstić information content (AvgIpc) is 2.79. The number of urea groups is 1.